The van der Waals surface area contributed by atoms with Crippen molar-refractivity contribution in [2.45, 2.75) is 26.4 Å². The number of guanidine groups is 1. The van der Waals surface area contributed by atoms with Crippen molar-refractivity contribution in [1.29, 1.82) is 0 Å². The Labute approximate surface area is 168 Å². The first-order valence-electron chi connectivity index (χ1n) is 7.95. The second kappa shape index (κ2) is 11.4. The number of rotatable bonds is 7. The molecule has 5 nitrogen and oxygen atoms in total. The molecule has 0 bridgehead atoms. The fourth-order valence-electron chi connectivity index (χ4n) is 2.11. The molecular formula is C17H24FIN4OS. The summed E-state index contributed by atoms with van der Waals surface area (Å²) in [6, 6.07) is 5.81. The number of benzene rings is 1. The van der Waals surface area contributed by atoms with E-state index in [9.17, 15) is 9.50 Å². The fourth-order valence-corrected chi connectivity index (χ4v) is 2.90. The highest BCUT2D eigenvalue weighted by molar-refractivity contribution is 14.0. The van der Waals surface area contributed by atoms with E-state index in [-0.39, 0.29) is 36.3 Å². The predicted octanol–water partition coefficient (Wildman–Crippen LogP) is 3.04. The zero-order valence-corrected chi connectivity index (χ0v) is 17.5. The van der Waals surface area contributed by atoms with Gasteiger partial charge in [0, 0.05) is 30.6 Å². The summed E-state index contributed by atoms with van der Waals surface area (Å²) in [5, 5.41) is 17.6. The quantitative estimate of drug-likeness (QED) is 0.325. The number of nitrogens with one attached hydrogen (secondary N) is 2. The highest BCUT2D eigenvalue weighted by Crippen LogP contribution is 2.13. The standard InChI is InChI=1S/C17H23FN4OS.HI/c1-3-19-17(20-9-8-16-21-10-12(2)24-16)22-11-15(23)13-4-6-14(18)7-5-13;/h4-7,10,15,23H,3,8-9,11H2,1-2H3,(H2,19,20,22);1H. The first-order valence-corrected chi connectivity index (χ1v) is 8.77. The van der Waals surface area contributed by atoms with Gasteiger partial charge >= 0.3 is 0 Å². The molecule has 138 valence electrons. The molecule has 25 heavy (non-hydrogen) atoms. The summed E-state index contributed by atoms with van der Waals surface area (Å²) in [5.41, 5.74) is 0.647. The smallest absolute Gasteiger partial charge is 0.191 e. The van der Waals surface area contributed by atoms with Crippen LogP contribution in [0.1, 0.15) is 28.5 Å². The van der Waals surface area contributed by atoms with Gasteiger partial charge in [-0.25, -0.2) is 9.37 Å². The summed E-state index contributed by atoms with van der Waals surface area (Å²) >= 11 is 1.69. The maximum Gasteiger partial charge on any atom is 0.191 e. The zero-order valence-electron chi connectivity index (χ0n) is 14.3. The number of aryl methyl sites for hydroxylation is 1. The predicted molar refractivity (Wildman–Crippen MR) is 111 cm³/mol. The molecule has 8 heteroatoms. The molecule has 0 amide bonds. The third kappa shape index (κ3) is 7.66. The SMILES string of the molecule is CCNC(=NCC(O)c1ccc(F)cc1)NCCc1ncc(C)s1.I. The Balaban J connectivity index is 0.00000312. The molecule has 0 aliphatic rings. The largest absolute Gasteiger partial charge is 0.386 e. The van der Waals surface area contributed by atoms with Crippen LogP contribution in [-0.4, -0.2) is 35.7 Å². The summed E-state index contributed by atoms with van der Waals surface area (Å²) in [6.45, 7) is 5.67. The van der Waals surface area contributed by atoms with Crippen molar-refractivity contribution in [3.63, 3.8) is 0 Å². The second-order valence-electron chi connectivity index (χ2n) is 5.33. The normalized spacial score (nSPS) is 12.4. The van der Waals surface area contributed by atoms with E-state index in [1.54, 1.807) is 23.5 Å². The van der Waals surface area contributed by atoms with Gasteiger partial charge in [-0.1, -0.05) is 12.1 Å². The molecule has 1 aromatic heterocycles. The van der Waals surface area contributed by atoms with Crippen molar-refractivity contribution in [2.24, 2.45) is 4.99 Å². The van der Waals surface area contributed by atoms with E-state index >= 15 is 0 Å². The van der Waals surface area contributed by atoms with Crippen LogP contribution in [0.3, 0.4) is 0 Å². The van der Waals surface area contributed by atoms with E-state index in [0.29, 0.717) is 18.1 Å². The van der Waals surface area contributed by atoms with Crippen LogP contribution in [0.2, 0.25) is 0 Å². The van der Waals surface area contributed by atoms with Crippen LogP contribution in [0.25, 0.3) is 0 Å². The summed E-state index contributed by atoms with van der Waals surface area (Å²) in [6.07, 6.45) is 1.93. The summed E-state index contributed by atoms with van der Waals surface area (Å²) < 4.78 is 12.9. The Morgan fingerprint density at radius 3 is 2.64 bits per heavy atom. The first kappa shape index (κ1) is 21.8. The number of nitrogens with zero attached hydrogens (tertiary/aromatic N) is 2. The maximum absolute atomic E-state index is 12.9. The van der Waals surface area contributed by atoms with Crippen LogP contribution in [0.15, 0.2) is 35.5 Å². The van der Waals surface area contributed by atoms with Gasteiger partial charge in [-0.2, -0.15) is 0 Å². The highest BCUT2D eigenvalue weighted by atomic mass is 127. The average molecular weight is 478 g/mol. The first-order chi connectivity index (χ1) is 11.6. The Hall–Kier alpha value is -1.26. The van der Waals surface area contributed by atoms with E-state index in [4.69, 9.17) is 0 Å². The van der Waals surface area contributed by atoms with Crippen molar-refractivity contribution in [3.05, 3.63) is 51.7 Å². The van der Waals surface area contributed by atoms with E-state index in [0.717, 1.165) is 18.0 Å². The van der Waals surface area contributed by atoms with Crippen molar-refractivity contribution in [1.82, 2.24) is 15.6 Å². The van der Waals surface area contributed by atoms with Gasteiger partial charge in [0.1, 0.15) is 5.82 Å². The van der Waals surface area contributed by atoms with E-state index in [1.165, 1.54) is 17.0 Å². The molecule has 2 aromatic rings. The fraction of sp³-hybridized carbons (Fsp3) is 0.412. The number of aliphatic hydroxyl groups excluding tert-OH is 1. The number of aliphatic hydroxyl groups is 1. The van der Waals surface area contributed by atoms with Crippen LogP contribution >= 0.6 is 35.3 Å². The molecular weight excluding hydrogens is 454 g/mol. The van der Waals surface area contributed by atoms with Gasteiger partial charge in [-0.3, -0.25) is 4.99 Å². The van der Waals surface area contributed by atoms with Crippen molar-refractivity contribution < 1.29 is 9.50 Å². The van der Waals surface area contributed by atoms with Crippen molar-refractivity contribution in [3.8, 4) is 0 Å². The van der Waals surface area contributed by atoms with Crippen molar-refractivity contribution >= 4 is 41.3 Å². The van der Waals surface area contributed by atoms with E-state index in [1.807, 2.05) is 20.0 Å². The molecule has 0 fully saturated rings. The van der Waals surface area contributed by atoms with Crippen LogP contribution in [0.5, 0.6) is 0 Å². The summed E-state index contributed by atoms with van der Waals surface area (Å²) in [5.74, 6) is 0.328. The number of hydrogen-bond acceptors (Lipinski definition) is 4. The lowest BCUT2D eigenvalue weighted by Gasteiger charge is -2.13. The lowest BCUT2D eigenvalue weighted by molar-refractivity contribution is 0.187. The monoisotopic (exact) mass is 478 g/mol. The molecule has 0 aliphatic carbocycles. The molecule has 0 saturated heterocycles. The number of hydrogen-bond donors (Lipinski definition) is 3. The lowest BCUT2D eigenvalue weighted by atomic mass is 10.1. The lowest BCUT2D eigenvalue weighted by Crippen LogP contribution is -2.38. The molecule has 1 aromatic carbocycles. The summed E-state index contributed by atoms with van der Waals surface area (Å²) in [7, 11) is 0. The third-order valence-electron chi connectivity index (χ3n) is 3.32. The molecule has 3 N–H and O–H groups in total. The Bertz CT molecular complexity index is 663. The van der Waals surface area contributed by atoms with Gasteiger partial charge in [0.2, 0.25) is 0 Å². The molecule has 1 atom stereocenters. The molecule has 1 heterocycles. The van der Waals surface area contributed by atoms with Gasteiger partial charge in [0.15, 0.2) is 5.96 Å². The van der Waals surface area contributed by atoms with Gasteiger partial charge in [-0.15, -0.1) is 35.3 Å². The Morgan fingerprint density at radius 2 is 2.04 bits per heavy atom. The van der Waals surface area contributed by atoms with Crippen LogP contribution in [-0.2, 0) is 6.42 Å². The van der Waals surface area contributed by atoms with Crippen molar-refractivity contribution in [2.75, 3.05) is 19.6 Å². The maximum atomic E-state index is 12.9. The van der Waals surface area contributed by atoms with Gasteiger partial charge in [0.05, 0.1) is 17.7 Å². The van der Waals surface area contributed by atoms with Gasteiger partial charge in [0.25, 0.3) is 0 Å². The van der Waals surface area contributed by atoms with Crippen LogP contribution < -0.4 is 10.6 Å². The molecule has 2 rings (SSSR count). The molecule has 0 radical (unpaired) electrons. The number of aromatic nitrogens is 1. The Morgan fingerprint density at radius 1 is 1.32 bits per heavy atom. The molecule has 0 aliphatic heterocycles. The Kier molecular flexibility index (Phi) is 9.91. The third-order valence-corrected chi connectivity index (χ3v) is 4.29. The molecule has 0 spiro atoms. The molecule has 0 saturated carbocycles. The zero-order chi connectivity index (χ0) is 17.4. The van der Waals surface area contributed by atoms with Crippen LogP contribution in [0, 0.1) is 12.7 Å². The second-order valence-corrected chi connectivity index (χ2v) is 6.65. The van der Waals surface area contributed by atoms with E-state index in [2.05, 4.69) is 20.6 Å². The minimum Gasteiger partial charge on any atom is -0.386 e. The number of aliphatic imine (C=N–C) groups is 1. The average Bonchev–Trinajstić information content (AvgIpc) is 2.98. The van der Waals surface area contributed by atoms with Gasteiger partial charge in [-0.05, 0) is 31.5 Å². The molecule has 1 unspecified atom stereocenters. The van der Waals surface area contributed by atoms with Gasteiger partial charge < -0.3 is 15.7 Å². The summed E-state index contributed by atoms with van der Waals surface area (Å²) in [4.78, 5) is 9.91. The van der Waals surface area contributed by atoms with E-state index < -0.39 is 6.10 Å². The van der Waals surface area contributed by atoms with Crippen LogP contribution in [0.4, 0.5) is 4.39 Å². The number of halogens is 2. The minimum atomic E-state index is -0.761. The topological polar surface area (TPSA) is 69.5 Å². The highest BCUT2D eigenvalue weighted by Gasteiger charge is 2.08. The number of thiazole rings is 1. The minimum absolute atomic E-state index is 0.